The summed E-state index contributed by atoms with van der Waals surface area (Å²) in [7, 11) is 0. The minimum atomic E-state index is -2.33. The topological polar surface area (TPSA) is 95.0 Å². The number of nitrogens with one attached hydrogen (secondary N) is 1. The number of likely N-dealkylation sites (tertiary alicyclic amines) is 1. The number of nitrogens with zero attached hydrogens (tertiary/aromatic N) is 3. The van der Waals surface area contributed by atoms with Crippen LogP contribution in [0.5, 0.6) is 0 Å². The van der Waals surface area contributed by atoms with E-state index in [1.165, 1.54) is 23.4 Å². The van der Waals surface area contributed by atoms with Gasteiger partial charge in [-0.15, -0.1) is 0 Å². The number of aromatic nitrogens is 1. The van der Waals surface area contributed by atoms with Gasteiger partial charge in [0.1, 0.15) is 0 Å². The first-order chi connectivity index (χ1) is 15.4. The Bertz CT molecular complexity index is 959. The van der Waals surface area contributed by atoms with Gasteiger partial charge in [0.2, 0.25) is 0 Å². The number of ether oxygens (including phenoxy) is 1. The Hall–Kier alpha value is -2.35. The standard InChI is InChI=1S/C21H28N4O4/c1-20(12-29-13-20)17-16(21(17)3-6-24(7-4-21)19(27)28)9-23-18(26)25-10-14-2-5-22-8-15(14)11-25/h2,5,8,16-17H,3-4,6-7,9-13H2,1H3,(H,23,26)(H,27,28)/i10D2,11D2. The fourth-order valence-corrected chi connectivity index (χ4v) is 5.71. The van der Waals surface area contributed by atoms with Gasteiger partial charge >= 0.3 is 12.1 Å². The maximum atomic E-state index is 13.1. The predicted octanol–water partition coefficient (Wildman–Crippen LogP) is 2.15. The lowest BCUT2D eigenvalue weighted by molar-refractivity contribution is -0.124. The lowest BCUT2D eigenvalue weighted by atomic mass is 9.76. The van der Waals surface area contributed by atoms with E-state index in [1.54, 1.807) is 0 Å². The Labute approximate surface area is 175 Å². The summed E-state index contributed by atoms with van der Waals surface area (Å²) in [5.74, 6) is 0.373. The van der Waals surface area contributed by atoms with E-state index in [9.17, 15) is 14.7 Å². The number of hydrogen-bond acceptors (Lipinski definition) is 4. The van der Waals surface area contributed by atoms with Crippen molar-refractivity contribution in [1.29, 1.82) is 0 Å². The smallest absolute Gasteiger partial charge is 0.407 e. The molecule has 2 N–H and O–H groups in total. The molecule has 0 radical (unpaired) electrons. The number of amides is 3. The van der Waals surface area contributed by atoms with Gasteiger partial charge in [-0.3, -0.25) is 4.98 Å². The monoisotopic (exact) mass is 404 g/mol. The van der Waals surface area contributed by atoms with E-state index >= 15 is 0 Å². The number of pyridine rings is 1. The summed E-state index contributed by atoms with van der Waals surface area (Å²) < 4.78 is 39.2. The lowest BCUT2D eigenvalue weighted by Gasteiger charge is -2.42. The first-order valence-electron chi connectivity index (χ1n) is 12.0. The van der Waals surface area contributed by atoms with Gasteiger partial charge < -0.3 is 25.0 Å². The highest BCUT2D eigenvalue weighted by Crippen LogP contribution is 2.71. The highest BCUT2D eigenvalue weighted by molar-refractivity contribution is 5.75. The van der Waals surface area contributed by atoms with Crippen LogP contribution < -0.4 is 5.32 Å². The van der Waals surface area contributed by atoms with Crippen LogP contribution in [0.4, 0.5) is 9.59 Å². The molecule has 3 fully saturated rings. The molecule has 4 heterocycles. The molecule has 0 aromatic carbocycles. The van der Waals surface area contributed by atoms with Crippen LogP contribution in [-0.4, -0.2) is 64.9 Å². The van der Waals surface area contributed by atoms with E-state index < -0.39 is 25.1 Å². The second kappa shape index (κ2) is 6.58. The lowest BCUT2D eigenvalue weighted by Crippen LogP contribution is -2.45. The molecule has 8 nitrogen and oxygen atoms in total. The Morgan fingerprint density at radius 3 is 2.66 bits per heavy atom. The summed E-state index contributed by atoms with van der Waals surface area (Å²) in [6, 6.07) is 0.597. The summed E-state index contributed by atoms with van der Waals surface area (Å²) in [5.41, 5.74) is 0.0254. The molecule has 1 aliphatic carbocycles. The summed E-state index contributed by atoms with van der Waals surface area (Å²) in [6.07, 6.45) is 3.15. The van der Waals surface area contributed by atoms with E-state index in [4.69, 9.17) is 10.2 Å². The van der Waals surface area contributed by atoms with Gasteiger partial charge in [-0.25, -0.2) is 9.59 Å². The Morgan fingerprint density at radius 2 is 2.03 bits per heavy atom. The van der Waals surface area contributed by atoms with Crippen molar-refractivity contribution in [1.82, 2.24) is 20.1 Å². The number of rotatable bonds is 3. The molecule has 1 aromatic rings. The first-order valence-corrected chi connectivity index (χ1v) is 10.0. The van der Waals surface area contributed by atoms with Gasteiger partial charge in [-0.1, -0.05) is 6.92 Å². The molecule has 4 aliphatic rings. The van der Waals surface area contributed by atoms with Crippen molar-refractivity contribution < 1.29 is 24.9 Å². The van der Waals surface area contributed by atoms with Crippen molar-refractivity contribution in [3.05, 3.63) is 29.6 Å². The van der Waals surface area contributed by atoms with Crippen LogP contribution in [0.1, 0.15) is 36.4 Å². The molecule has 2 unspecified atom stereocenters. The second-order valence-electron chi connectivity index (χ2n) is 8.90. The number of carbonyl (C=O) groups is 2. The number of piperidine rings is 1. The Balaban J connectivity index is 1.32. The third kappa shape index (κ3) is 2.96. The largest absolute Gasteiger partial charge is 0.465 e. The fourth-order valence-electron chi connectivity index (χ4n) is 5.71. The van der Waals surface area contributed by atoms with E-state index in [0.29, 0.717) is 44.0 Å². The number of hydrogen-bond donors (Lipinski definition) is 2. The molecule has 29 heavy (non-hydrogen) atoms. The molecule has 1 spiro atoms. The summed E-state index contributed by atoms with van der Waals surface area (Å²) >= 11 is 0. The van der Waals surface area contributed by atoms with Crippen LogP contribution in [0.3, 0.4) is 0 Å². The maximum absolute atomic E-state index is 13.1. The fraction of sp³-hybridized carbons (Fsp3) is 0.667. The second-order valence-corrected chi connectivity index (χ2v) is 8.90. The van der Waals surface area contributed by atoms with Crippen LogP contribution in [0.15, 0.2) is 18.5 Å². The van der Waals surface area contributed by atoms with Gasteiger partial charge in [-0.2, -0.15) is 0 Å². The van der Waals surface area contributed by atoms with E-state index in [-0.39, 0.29) is 40.3 Å². The maximum Gasteiger partial charge on any atom is 0.407 e. The molecular weight excluding hydrogens is 372 g/mol. The van der Waals surface area contributed by atoms with Gasteiger partial charge in [0.25, 0.3) is 0 Å². The molecule has 3 aliphatic heterocycles. The molecule has 156 valence electrons. The average Bonchev–Trinajstić information content (AvgIpc) is 3.31. The van der Waals surface area contributed by atoms with Crippen LogP contribution in [0.25, 0.3) is 0 Å². The summed E-state index contributed by atoms with van der Waals surface area (Å²) in [4.78, 5) is 30.4. The number of carboxylic acid groups (broad SMARTS) is 1. The molecule has 3 amide bonds. The van der Waals surface area contributed by atoms with Crippen LogP contribution in [0, 0.1) is 22.7 Å². The summed E-state index contributed by atoms with van der Waals surface area (Å²) in [5, 5.41) is 12.1. The number of urea groups is 1. The molecule has 2 saturated heterocycles. The predicted molar refractivity (Wildman–Crippen MR) is 104 cm³/mol. The van der Waals surface area contributed by atoms with Crippen molar-refractivity contribution in [2.45, 2.75) is 32.8 Å². The Morgan fingerprint density at radius 1 is 1.31 bits per heavy atom. The van der Waals surface area contributed by atoms with E-state index in [1.807, 2.05) is 0 Å². The highest BCUT2D eigenvalue weighted by Gasteiger charge is 2.71. The van der Waals surface area contributed by atoms with Gasteiger partial charge in [-0.05, 0) is 47.3 Å². The van der Waals surface area contributed by atoms with E-state index in [0.717, 1.165) is 0 Å². The van der Waals surface area contributed by atoms with Crippen molar-refractivity contribution in [2.24, 2.45) is 22.7 Å². The van der Waals surface area contributed by atoms with Crippen LogP contribution >= 0.6 is 0 Å². The normalized spacial score (nSPS) is 34.1. The zero-order valence-electron chi connectivity index (χ0n) is 20.4. The zero-order chi connectivity index (χ0) is 23.8. The number of fused-ring (bicyclic) bond motifs is 1. The van der Waals surface area contributed by atoms with Gasteiger partial charge in [0, 0.05) is 50.4 Å². The van der Waals surface area contributed by atoms with Crippen LogP contribution in [0.2, 0.25) is 0 Å². The number of carbonyl (C=O) groups excluding carboxylic acids is 1. The first kappa shape index (κ1) is 14.6. The molecule has 0 bridgehead atoms. The molecule has 1 saturated carbocycles. The Kier molecular flexibility index (Phi) is 3.32. The highest BCUT2D eigenvalue weighted by atomic mass is 16.5. The van der Waals surface area contributed by atoms with Crippen molar-refractivity contribution in [3.8, 4) is 0 Å². The van der Waals surface area contributed by atoms with Crippen molar-refractivity contribution in [3.63, 3.8) is 0 Å². The average molecular weight is 405 g/mol. The van der Waals surface area contributed by atoms with Crippen molar-refractivity contribution in [2.75, 3.05) is 32.8 Å². The minimum Gasteiger partial charge on any atom is -0.465 e. The third-order valence-electron chi connectivity index (χ3n) is 7.19. The SMILES string of the molecule is [2H]C1([2H])c2ccncc2C([2H])([2H])N1C(=O)NCC1C(C2(C)COC2)C12CCN(C(=O)O)CC2. The van der Waals surface area contributed by atoms with E-state index in [2.05, 4.69) is 17.2 Å². The molecule has 5 rings (SSSR count). The molecular formula is C21H28N4O4. The van der Waals surface area contributed by atoms with Crippen LogP contribution in [-0.2, 0) is 17.7 Å². The quantitative estimate of drug-likeness (QED) is 0.805. The van der Waals surface area contributed by atoms with Gasteiger partial charge in [0.05, 0.1) is 18.7 Å². The third-order valence-corrected chi connectivity index (χ3v) is 7.19. The van der Waals surface area contributed by atoms with Gasteiger partial charge in [0.15, 0.2) is 0 Å². The molecule has 2 atom stereocenters. The summed E-state index contributed by atoms with van der Waals surface area (Å²) in [6.45, 7) is -0.0394. The minimum absolute atomic E-state index is 0.0282. The van der Waals surface area contributed by atoms with Crippen molar-refractivity contribution >= 4 is 12.1 Å². The molecule has 8 heteroatoms. The zero-order valence-corrected chi connectivity index (χ0v) is 16.4. The molecule has 1 aromatic heterocycles.